The van der Waals surface area contributed by atoms with Crippen LogP contribution in [0.1, 0.15) is 54.0 Å². The predicted octanol–water partition coefficient (Wildman–Crippen LogP) is 7.29. The van der Waals surface area contributed by atoms with E-state index in [0.29, 0.717) is 31.0 Å². The number of imide groups is 1. The lowest BCUT2D eigenvalue weighted by atomic mass is 10.0. The summed E-state index contributed by atoms with van der Waals surface area (Å²) >= 11 is 0. The van der Waals surface area contributed by atoms with Crippen molar-refractivity contribution in [1.82, 2.24) is 8.96 Å². The molecule has 0 N–H and O–H groups in total. The van der Waals surface area contributed by atoms with Crippen LogP contribution in [0.3, 0.4) is 0 Å². The third-order valence-corrected chi connectivity index (χ3v) is 9.16. The molecular weight excluding hydrogens is 639 g/mol. The van der Waals surface area contributed by atoms with Gasteiger partial charge in [0.15, 0.2) is 0 Å². The fraction of sp³-hybridized carbons (Fsp3) is 0.400. The topological polar surface area (TPSA) is 120 Å². The van der Waals surface area contributed by atoms with Gasteiger partial charge in [-0.3, -0.25) is 0 Å². The van der Waals surface area contributed by atoms with E-state index in [9.17, 15) is 18.0 Å². The average molecular weight is 681 g/mol. The molecule has 0 aliphatic carbocycles. The van der Waals surface area contributed by atoms with Crippen LogP contribution in [0.5, 0.6) is 0 Å². The zero-order valence-electron chi connectivity index (χ0n) is 28.4. The van der Waals surface area contributed by atoms with Crippen molar-refractivity contribution in [3.8, 4) is 11.3 Å². The van der Waals surface area contributed by atoms with Gasteiger partial charge in [-0.1, -0.05) is 17.7 Å². The fourth-order valence-electron chi connectivity index (χ4n) is 5.31. The quantitative estimate of drug-likeness (QED) is 0.214. The predicted molar refractivity (Wildman–Crippen MR) is 181 cm³/mol. The first-order chi connectivity index (χ1) is 22.3. The minimum Gasteiger partial charge on any atom is -0.443 e. The van der Waals surface area contributed by atoms with Gasteiger partial charge in [0.05, 0.1) is 41.0 Å². The molecule has 1 aliphatic heterocycles. The molecule has 13 heteroatoms. The van der Waals surface area contributed by atoms with Crippen LogP contribution in [0.25, 0.3) is 22.2 Å². The molecule has 1 saturated heterocycles. The summed E-state index contributed by atoms with van der Waals surface area (Å²) in [7, 11) is -4.09. The lowest BCUT2D eigenvalue weighted by molar-refractivity contribution is 0.0430. The summed E-state index contributed by atoms with van der Waals surface area (Å²) in [6.07, 6.45) is -0.588. The van der Waals surface area contributed by atoms with Crippen LogP contribution < -0.4 is 9.80 Å². The summed E-state index contributed by atoms with van der Waals surface area (Å²) < 4.78 is 60.8. The molecule has 256 valence electrons. The van der Waals surface area contributed by atoms with E-state index in [1.807, 2.05) is 18.7 Å². The maximum Gasteiger partial charge on any atom is 0.424 e. The number of anilines is 2. The van der Waals surface area contributed by atoms with Crippen molar-refractivity contribution in [2.45, 2.75) is 77.5 Å². The third kappa shape index (κ3) is 7.47. The van der Waals surface area contributed by atoms with E-state index in [2.05, 4.69) is 0 Å². The van der Waals surface area contributed by atoms with Gasteiger partial charge in [0, 0.05) is 29.8 Å². The van der Waals surface area contributed by atoms with Crippen molar-refractivity contribution in [2.75, 3.05) is 29.6 Å². The van der Waals surface area contributed by atoms with Crippen molar-refractivity contribution in [2.24, 2.45) is 0 Å². The largest absolute Gasteiger partial charge is 0.443 e. The molecule has 0 spiro atoms. The second kappa shape index (κ2) is 12.8. The number of benzene rings is 2. The summed E-state index contributed by atoms with van der Waals surface area (Å²) in [5.74, 6) is -0.319. The molecule has 0 saturated carbocycles. The minimum atomic E-state index is -4.09. The van der Waals surface area contributed by atoms with E-state index < -0.39 is 39.2 Å². The first-order valence-corrected chi connectivity index (χ1v) is 17.0. The van der Waals surface area contributed by atoms with Crippen LogP contribution in [0, 0.1) is 12.7 Å². The summed E-state index contributed by atoms with van der Waals surface area (Å²) in [5.41, 5.74) is -0.405. The minimum absolute atomic E-state index is 0.0467. The van der Waals surface area contributed by atoms with Crippen molar-refractivity contribution in [1.29, 1.82) is 0 Å². The maximum atomic E-state index is 15.5. The second-order valence-corrected chi connectivity index (χ2v) is 15.6. The average Bonchev–Trinajstić information content (AvgIpc) is 3.40. The lowest BCUT2D eigenvalue weighted by Gasteiger charge is -2.35. The molecule has 1 atom stereocenters. The van der Waals surface area contributed by atoms with E-state index >= 15 is 4.39 Å². The molecule has 4 aromatic rings. The number of halogens is 1. The van der Waals surface area contributed by atoms with E-state index in [1.165, 1.54) is 30.5 Å². The number of ether oxygens (including phenoxy) is 3. The number of morpholine rings is 1. The highest BCUT2D eigenvalue weighted by atomic mass is 32.2. The molecule has 11 nitrogen and oxygen atoms in total. The Labute approximate surface area is 280 Å². The molecule has 2 aromatic carbocycles. The fourth-order valence-corrected chi connectivity index (χ4v) is 6.65. The van der Waals surface area contributed by atoms with Gasteiger partial charge < -0.3 is 19.1 Å². The summed E-state index contributed by atoms with van der Waals surface area (Å²) in [6.45, 7) is 15.1. The van der Waals surface area contributed by atoms with Crippen LogP contribution in [0.15, 0.2) is 65.7 Å². The number of hydrogen-bond donors (Lipinski definition) is 0. The number of hydrogen-bond acceptors (Lipinski definition) is 9. The zero-order chi connectivity index (χ0) is 35.2. The Balaban J connectivity index is 1.74. The molecule has 3 heterocycles. The molecule has 0 radical (unpaired) electrons. The summed E-state index contributed by atoms with van der Waals surface area (Å²) in [6, 6.07) is 13.2. The molecule has 48 heavy (non-hydrogen) atoms. The molecule has 1 aliphatic rings. The van der Waals surface area contributed by atoms with E-state index in [0.717, 1.165) is 20.5 Å². The molecule has 2 amide bonds. The molecule has 0 unspecified atom stereocenters. The first-order valence-electron chi connectivity index (χ1n) is 15.6. The number of aromatic nitrogens is 2. The van der Waals surface area contributed by atoms with Crippen molar-refractivity contribution < 1.29 is 36.6 Å². The molecular formula is C35H41FN4O7S. The van der Waals surface area contributed by atoms with E-state index in [-0.39, 0.29) is 33.4 Å². The standard InChI is InChI=1S/C35H41FN4O7S/c1-22-9-11-26(12-10-22)48(43,44)39-14-13-27-28(17-24(36)18-30(27)39)29-19-25(20-31(37-29)38-15-16-45-21-23(38)2)40(32(41)46-34(3,4)5)33(42)47-35(6,7)8/h9-14,17-20,23H,15-16,21H2,1-8H3/t23-/m1/s1. The van der Waals surface area contributed by atoms with Gasteiger partial charge in [0.25, 0.3) is 10.0 Å². The number of pyridine rings is 1. The monoisotopic (exact) mass is 680 g/mol. The Kier molecular flexibility index (Phi) is 9.32. The SMILES string of the molecule is Cc1ccc(S(=O)(=O)n2ccc3c(-c4cc(N(C(=O)OC(C)(C)C)C(=O)OC(C)(C)C)cc(N5CCOC[C@H]5C)n4)cc(F)cc32)cc1. The van der Waals surface area contributed by atoms with Crippen LogP contribution in [0.2, 0.25) is 0 Å². The number of carbonyl (C=O) groups excluding carboxylic acids is 2. The van der Waals surface area contributed by atoms with Crippen molar-refractivity contribution in [3.05, 3.63) is 72.2 Å². The second-order valence-electron chi connectivity index (χ2n) is 13.8. The van der Waals surface area contributed by atoms with E-state index in [4.69, 9.17) is 19.2 Å². The van der Waals surface area contributed by atoms with Crippen LogP contribution in [0.4, 0.5) is 25.5 Å². The number of nitrogens with zero attached hydrogens (tertiary/aromatic N) is 4. The highest BCUT2D eigenvalue weighted by Crippen LogP contribution is 2.36. The number of amides is 2. The van der Waals surface area contributed by atoms with Gasteiger partial charge in [0.1, 0.15) is 22.8 Å². The first kappa shape index (κ1) is 34.8. The Morgan fingerprint density at radius 2 is 1.58 bits per heavy atom. The van der Waals surface area contributed by atoms with Crippen molar-refractivity contribution >= 4 is 44.6 Å². The lowest BCUT2D eigenvalue weighted by Crippen LogP contribution is -2.45. The molecule has 2 aromatic heterocycles. The smallest absolute Gasteiger partial charge is 0.424 e. The Morgan fingerprint density at radius 1 is 0.958 bits per heavy atom. The Hall–Kier alpha value is -4.49. The van der Waals surface area contributed by atoms with Gasteiger partial charge in [0.2, 0.25) is 0 Å². The molecule has 5 rings (SSSR count). The summed E-state index contributed by atoms with van der Waals surface area (Å²) in [5, 5.41) is 0.388. The molecule has 1 fully saturated rings. The highest BCUT2D eigenvalue weighted by Gasteiger charge is 2.34. The van der Waals surface area contributed by atoms with Gasteiger partial charge in [-0.05, 0) is 91.8 Å². The Bertz CT molecular complexity index is 1930. The van der Waals surface area contributed by atoms with Crippen LogP contribution >= 0.6 is 0 Å². The Morgan fingerprint density at radius 3 is 2.17 bits per heavy atom. The van der Waals surface area contributed by atoms with Crippen LogP contribution in [-0.4, -0.2) is 66.6 Å². The van der Waals surface area contributed by atoms with Gasteiger partial charge in [-0.15, -0.1) is 0 Å². The summed E-state index contributed by atoms with van der Waals surface area (Å²) in [4.78, 5) is 35.0. The van der Waals surface area contributed by atoms with Crippen molar-refractivity contribution in [3.63, 3.8) is 0 Å². The van der Waals surface area contributed by atoms with Gasteiger partial charge in [-0.25, -0.2) is 31.4 Å². The number of rotatable bonds is 5. The number of aryl methyl sites for hydroxylation is 1. The van der Waals surface area contributed by atoms with Gasteiger partial charge in [-0.2, -0.15) is 4.90 Å². The normalized spacial score (nSPS) is 15.8. The maximum absolute atomic E-state index is 15.5. The van der Waals surface area contributed by atoms with Crippen LogP contribution in [-0.2, 0) is 24.2 Å². The third-order valence-electron chi connectivity index (χ3n) is 7.46. The number of carbonyl (C=O) groups is 2. The van der Waals surface area contributed by atoms with Gasteiger partial charge >= 0.3 is 12.2 Å². The molecule has 0 bridgehead atoms. The number of fused-ring (bicyclic) bond motifs is 1. The highest BCUT2D eigenvalue weighted by molar-refractivity contribution is 7.90. The van der Waals surface area contributed by atoms with E-state index in [1.54, 1.807) is 65.8 Å². The zero-order valence-corrected chi connectivity index (χ0v) is 29.2.